The molecule has 97 heavy (non-hydrogen) atoms. The van der Waals surface area contributed by atoms with E-state index in [0.717, 1.165) is 108 Å². The summed E-state index contributed by atoms with van der Waals surface area (Å²) in [5.41, 5.74) is 0. The topological polar surface area (TPSA) is 237 Å². The van der Waals surface area contributed by atoms with Crippen molar-refractivity contribution < 1.29 is 80.2 Å². The number of unbranched alkanes of at least 4 members (excludes halogenated alkanes) is 47. The van der Waals surface area contributed by atoms with Gasteiger partial charge in [0.15, 0.2) is 12.2 Å². The molecule has 0 saturated heterocycles. The van der Waals surface area contributed by atoms with Crippen molar-refractivity contribution in [3.63, 3.8) is 0 Å². The minimum absolute atomic E-state index is 0.107. The summed E-state index contributed by atoms with van der Waals surface area (Å²) in [7, 11) is -9.90. The van der Waals surface area contributed by atoms with Gasteiger partial charge in [0, 0.05) is 25.7 Å². The van der Waals surface area contributed by atoms with Gasteiger partial charge in [0.1, 0.15) is 19.3 Å². The SMILES string of the molecule is CCCCCCCCCCCCCCCCCCCCC(=O)O[C@H](COC(=O)CCCCCCCCCCCCCCCCC(C)C)COP(=O)(O)OC[C@@H](O)COP(=O)(O)OC[C@@H](COC(=O)CCCCCCC)OC(=O)CCCCCCCCCCCCCCCCC(C)C. The van der Waals surface area contributed by atoms with Crippen LogP contribution in [0.3, 0.4) is 0 Å². The molecule has 0 aromatic rings. The Bertz CT molecular complexity index is 1870. The fraction of sp³-hybridized carbons (Fsp3) is 0.949. The van der Waals surface area contributed by atoms with Crippen LogP contribution >= 0.6 is 15.6 Å². The summed E-state index contributed by atoms with van der Waals surface area (Å²) in [5, 5.41) is 10.6. The molecule has 0 aliphatic carbocycles. The van der Waals surface area contributed by atoms with Gasteiger partial charge in [-0.15, -0.1) is 0 Å². The summed E-state index contributed by atoms with van der Waals surface area (Å²) < 4.78 is 68.4. The van der Waals surface area contributed by atoms with Gasteiger partial charge < -0.3 is 33.8 Å². The highest BCUT2D eigenvalue weighted by atomic mass is 31.2. The average Bonchev–Trinajstić information content (AvgIpc) is 1.18. The molecule has 0 saturated carbocycles. The zero-order valence-electron chi connectivity index (χ0n) is 63.4. The summed E-state index contributed by atoms with van der Waals surface area (Å²) in [6.45, 7) is 9.57. The zero-order chi connectivity index (χ0) is 71.4. The van der Waals surface area contributed by atoms with E-state index in [1.165, 1.54) is 218 Å². The Balaban J connectivity index is 5.13. The van der Waals surface area contributed by atoms with E-state index in [2.05, 4.69) is 41.5 Å². The summed E-state index contributed by atoms with van der Waals surface area (Å²) in [6.07, 6.45) is 58.7. The molecule has 0 radical (unpaired) electrons. The van der Waals surface area contributed by atoms with Crippen LogP contribution in [0.25, 0.3) is 0 Å². The summed E-state index contributed by atoms with van der Waals surface area (Å²) in [6, 6.07) is 0. The summed E-state index contributed by atoms with van der Waals surface area (Å²) in [5.74, 6) is -0.528. The summed E-state index contributed by atoms with van der Waals surface area (Å²) in [4.78, 5) is 72.6. The molecule has 2 unspecified atom stereocenters. The van der Waals surface area contributed by atoms with Crippen LogP contribution in [0, 0.1) is 11.8 Å². The molecular formula is C78H152O17P2. The van der Waals surface area contributed by atoms with Crippen molar-refractivity contribution in [3.05, 3.63) is 0 Å². The van der Waals surface area contributed by atoms with Crippen LogP contribution in [0.4, 0.5) is 0 Å². The monoisotopic (exact) mass is 1420 g/mol. The highest BCUT2D eigenvalue weighted by Gasteiger charge is 2.30. The second kappa shape index (κ2) is 69.8. The first kappa shape index (κ1) is 95.1. The lowest BCUT2D eigenvalue weighted by Gasteiger charge is -2.21. The molecular weight excluding hydrogens is 1270 g/mol. The van der Waals surface area contributed by atoms with E-state index in [-0.39, 0.29) is 25.7 Å². The molecule has 0 aromatic carbocycles. The van der Waals surface area contributed by atoms with Crippen LogP contribution in [0.2, 0.25) is 0 Å². The maximum absolute atomic E-state index is 13.1. The van der Waals surface area contributed by atoms with Gasteiger partial charge in [-0.2, -0.15) is 0 Å². The second-order valence-electron chi connectivity index (χ2n) is 29.1. The van der Waals surface area contributed by atoms with Gasteiger partial charge >= 0.3 is 39.5 Å². The Labute approximate surface area is 594 Å². The van der Waals surface area contributed by atoms with E-state index in [4.69, 9.17) is 37.0 Å². The van der Waals surface area contributed by atoms with E-state index in [9.17, 15) is 43.2 Å². The Morgan fingerprint density at radius 2 is 0.474 bits per heavy atom. The quantitative estimate of drug-likeness (QED) is 0.0222. The van der Waals surface area contributed by atoms with Gasteiger partial charge in [-0.05, 0) is 37.5 Å². The molecule has 19 heteroatoms. The molecule has 0 rings (SSSR count). The number of ether oxygens (including phenoxy) is 4. The lowest BCUT2D eigenvalue weighted by molar-refractivity contribution is -0.161. The molecule has 0 bridgehead atoms. The van der Waals surface area contributed by atoms with Crippen molar-refractivity contribution in [1.82, 2.24) is 0 Å². The number of rotatable bonds is 77. The standard InChI is InChI=1S/C78H152O17P2/c1-7-9-11-13-14-15-16-17-18-19-20-21-29-34-39-44-50-57-63-78(83)95-74(67-89-76(81)61-55-49-43-38-33-28-24-22-26-31-36-41-47-52-58-70(3)4)69-93-97(86,87)91-65-72(79)64-90-96(84,85)92-68-73(66-88-75(80)60-54-46-12-10-8-2)94-77(82)62-56-51-45-40-35-30-25-23-27-32-37-42-48-53-59-71(5)6/h70-74,79H,7-69H2,1-6H3,(H,84,85)(H,86,87)/t72-,73+,74+/m0/s1. The second-order valence-corrected chi connectivity index (χ2v) is 32.0. The third-order valence-corrected chi connectivity index (χ3v) is 20.1. The predicted octanol–water partition coefficient (Wildman–Crippen LogP) is 23.1. The lowest BCUT2D eigenvalue weighted by Crippen LogP contribution is -2.30. The van der Waals surface area contributed by atoms with Crippen LogP contribution in [0.5, 0.6) is 0 Å². The Hall–Kier alpha value is -1.94. The van der Waals surface area contributed by atoms with Gasteiger partial charge in [0.2, 0.25) is 0 Å². The van der Waals surface area contributed by atoms with Gasteiger partial charge in [-0.1, -0.05) is 356 Å². The number of phosphoric acid groups is 2. The first-order valence-electron chi connectivity index (χ1n) is 40.5. The molecule has 5 atom stereocenters. The molecule has 0 heterocycles. The van der Waals surface area contributed by atoms with Crippen molar-refractivity contribution in [3.8, 4) is 0 Å². The average molecular weight is 1420 g/mol. The largest absolute Gasteiger partial charge is 0.472 e. The van der Waals surface area contributed by atoms with Gasteiger partial charge in [0.05, 0.1) is 26.4 Å². The van der Waals surface area contributed by atoms with E-state index in [0.29, 0.717) is 25.7 Å². The lowest BCUT2D eigenvalue weighted by atomic mass is 10.0. The van der Waals surface area contributed by atoms with Crippen molar-refractivity contribution >= 4 is 39.5 Å². The predicted molar refractivity (Wildman–Crippen MR) is 395 cm³/mol. The van der Waals surface area contributed by atoms with Crippen LogP contribution in [-0.4, -0.2) is 96.7 Å². The Morgan fingerprint density at radius 1 is 0.278 bits per heavy atom. The first-order chi connectivity index (χ1) is 46.9. The van der Waals surface area contributed by atoms with Crippen LogP contribution < -0.4 is 0 Å². The van der Waals surface area contributed by atoms with Crippen LogP contribution in [0.1, 0.15) is 408 Å². The van der Waals surface area contributed by atoms with E-state index in [1.807, 2.05) is 0 Å². The third-order valence-electron chi connectivity index (χ3n) is 18.2. The first-order valence-corrected chi connectivity index (χ1v) is 43.5. The van der Waals surface area contributed by atoms with E-state index >= 15 is 0 Å². The Morgan fingerprint density at radius 3 is 0.701 bits per heavy atom. The molecule has 0 amide bonds. The minimum Gasteiger partial charge on any atom is -0.462 e. The molecule has 17 nitrogen and oxygen atoms in total. The number of carbonyl (C=O) groups is 4. The molecule has 576 valence electrons. The fourth-order valence-corrected chi connectivity index (χ4v) is 13.6. The van der Waals surface area contributed by atoms with Crippen molar-refractivity contribution in [2.24, 2.45) is 11.8 Å². The number of aliphatic hydroxyl groups excluding tert-OH is 1. The number of carbonyl (C=O) groups excluding carboxylic acids is 4. The number of esters is 4. The van der Waals surface area contributed by atoms with Crippen LogP contribution in [0.15, 0.2) is 0 Å². The van der Waals surface area contributed by atoms with Gasteiger partial charge in [-0.25, -0.2) is 9.13 Å². The highest BCUT2D eigenvalue weighted by molar-refractivity contribution is 7.47. The third kappa shape index (κ3) is 72.2. The number of aliphatic hydroxyl groups is 1. The smallest absolute Gasteiger partial charge is 0.462 e. The van der Waals surface area contributed by atoms with E-state index < -0.39 is 97.5 Å². The van der Waals surface area contributed by atoms with Crippen LogP contribution in [-0.2, 0) is 65.4 Å². The fourth-order valence-electron chi connectivity index (χ4n) is 12.0. The molecule has 0 aromatic heterocycles. The number of phosphoric ester groups is 2. The van der Waals surface area contributed by atoms with Crippen molar-refractivity contribution in [1.29, 1.82) is 0 Å². The minimum atomic E-state index is -4.96. The van der Waals surface area contributed by atoms with Crippen molar-refractivity contribution in [2.45, 2.75) is 426 Å². The summed E-state index contributed by atoms with van der Waals surface area (Å²) >= 11 is 0. The number of hydrogen-bond acceptors (Lipinski definition) is 15. The highest BCUT2D eigenvalue weighted by Crippen LogP contribution is 2.45. The normalized spacial score (nSPS) is 14.0. The molecule has 0 aliphatic heterocycles. The molecule has 3 N–H and O–H groups in total. The molecule has 0 spiro atoms. The maximum Gasteiger partial charge on any atom is 0.472 e. The maximum atomic E-state index is 13.1. The molecule has 0 fully saturated rings. The number of hydrogen-bond donors (Lipinski definition) is 3. The van der Waals surface area contributed by atoms with Gasteiger partial charge in [0.25, 0.3) is 0 Å². The van der Waals surface area contributed by atoms with E-state index in [1.54, 1.807) is 0 Å². The zero-order valence-corrected chi connectivity index (χ0v) is 65.2. The van der Waals surface area contributed by atoms with Gasteiger partial charge in [-0.3, -0.25) is 37.3 Å². The van der Waals surface area contributed by atoms with Crippen molar-refractivity contribution in [2.75, 3.05) is 39.6 Å². The molecule has 0 aliphatic rings. The Kier molecular flexibility index (Phi) is 68.4.